The van der Waals surface area contributed by atoms with Gasteiger partial charge in [0.05, 0.1) is 0 Å². The van der Waals surface area contributed by atoms with E-state index in [0.29, 0.717) is 29.0 Å². The molecule has 0 radical (unpaired) electrons. The van der Waals surface area contributed by atoms with Gasteiger partial charge < -0.3 is 0 Å². The molecular weight excluding hydrogens is 406 g/mol. The molecule has 1 aromatic carbocycles. The van der Waals surface area contributed by atoms with Crippen molar-refractivity contribution >= 4 is 11.6 Å². The molecule has 0 amide bonds. The molecule has 1 fully saturated rings. The molecule has 30 heavy (non-hydrogen) atoms. The molecule has 4 nitrogen and oxygen atoms in total. The Balaban J connectivity index is 1.75. The molecule has 1 aliphatic carbocycles. The first-order chi connectivity index (χ1) is 14.0. The number of rotatable bonds is 4. The van der Waals surface area contributed by atoms with Gasteiger partial charge in [0.25, 0.3) is 0 Å². The minimum absolute atomic E-state index is 0.0321. The van der Waals surface area contributed by atoms with Gasteiger partial charge in [-0.15, -0.1) is 5.10 Å². The van der Waals surface area contributed by atoms with E-state index < -0.39 is 5.92 Å². The van der Waals surface area contributed by atoms with Crippen LogP contribution in [0.25, 0.3) is 22.9 Å². The highest BCUT2D eigenvalue weighted by atomic mass is 35.5. The van der Waals surface area contributed by atoms with E-state index in [1.54, 1.807) is 22.9 Å². The molecule has 7 heteroatoms. The van der Waals surface area contributed by atoms with Crippen molar-refractivity contribution in [2.45, 2.75) is 58.4 Å². The zero-order chi connectivity index (χ0) is 21.7. The summed E-state index contributed by atoms with van der Waals surface area (Å²) in [5, 5.41) is 4.98. The fourth-order valence-electron chi connectivity index (χ4n) is 3.85. The fraction of sp³-hybridized carbons (Fsp3) is 0.435. The highest BCUT2D eigenvalue weighted by molar-refractivity contribution is 6.29. The first-order valence-electron chi connectivity index (χ1n) is 10.1. The van der Waals surface area contributed by atoms with Crippen LogP contribution in [-0.4, -0.2) is 25.7 Å². The smallest absolute Gasteiger partial charge is 0.245 e. The van der Waals surface area contributed by atoms with Gasteiger partial charge >= 0.3 is 0 Å². The molecule has 0 unspecified atom stereocenters. The summed E-state index contributed by atoms with van der Waals surface area (Å²) in [4.78, 5) is 9.04. The number of halogens is 3. The van der Waals surface area contributed by atoms with Gasteiger partial charge in [0.15, 0.2) is 11.6 Å². The zero-order valence-electron chi connectivity index (χ0n) is 17.6. The van der Waals surface area contributed by atoms with E-state index >= 15 is 0 Å². The normalized spacial score (nSPS) is 16.5. The van der Waals surface area contributed by atoms with Crippen molar-refractivity contribution < 1.29 is 8.78 Å². The molecule has 0 N–H and O–H groups in total. The van der Waals surface area contributed by atoms with Crippen LogP contribution in [0.4, 0.5) is 8.78 Å². The van der Waals surface area contributed by atoms with Crippen molar-refractivity contribution in [2.24, 2.45) is 5.92 Å². The van der Waals surface area contributed by atoms with Crippen molar-refractivity contribution in [3.8, 4) is 22.9 Å². The van der Waals surface area contributed by atoms with Crippen LogP contribution in [0.1, 0.15) is 44.7 Å². The third-order valence-electron chi connectivity index (χ3n) is 5.56. The Kier molecular flexibility index (Phi) is 5.17. The molecule has 0 spiro atoms. The van der Waals surface area contributed by atoms with Gasteiger partial charge in [0.1, 0.15) is 10.8 Å². The van der Waals surface area contributed by atoms with Crippen LogP contribution in [0.15, 0.2) is 36.4 Å². The Morgan fingerprint density at radius 1 is 1.13 bits per heavy atom. The SMILES string of the molecule is Cc1cc(C(C)(C)C)ccc1-c1nc(-c2cccc(Cl)n2)nn1CC1CC(F)(F)C1. The van der Waals surface area contributed by atoms with Crippen molar-refractivity contribution in [3.63, 3.8) is 0 Å². The van der Waals surface area contributed by atoms with E-state index in [2.05, 4.69) is 43.0 Å². The summed E-state index contributed by atoms with van der Waals surface area (Å²) in [5.74, 6) is -1.57. The molecule has 158 valence electrons. The predicted molar refractivity (Wildman–Crippen MR) is 115 cm³/mol. The van der Waals surface area contributed by atoms with Gasteiger partial charge in [-0.25, -0.2) is 23.4 Å². The summed E-state index contributed by atoms with van der Waals surface area (Å²) >= 11 is 6.03. The van der Waals surface area contributed by atoms with E-state index in [-0.39, 0.29) is 24.2 Å². The number of benzene rings is 1. The van der Waals surface area contributed by atoms with Crippen LogP contribution < -0.4 is 0 Å². The Labute approximate surface area is 180 Å². The number of pyridine rings is 1. The molecule has 0 aliphatic heterocycles. The maximum Gasteiger partial charge on any atom is 0.248 e. The van der Waals surface area contributed by atoms with Crippen molar-refractivity contribution in [3.05, 3.63) is 52.7 Å². The van der Waals surface area contributed by atoms with E-state index in [1.807, 2.05) is 13.0 Å². The van der Waals surface area contributed by atoms with Crippen molar-refractivity contribution in [1.82, 2.24) is 19.7 Å². The molecule has 3 aromatic rings. The largest absolute Gasteiger partial charge is 0.248 e. The summed E-state index contributed by atoms with van der Waals surface area (Å²) in [6.45, 7) is 8.95. The van der Waals surface area contributed by atoms with E-state index in [9.17, 15) is 8.78 Å². The second-order valence-corrected chi connectivity index (χ2v) is 9.58. The summed E-state index contributed by atoms with van der Waals surface area (Å²) in [5.41, 5.74) is 3.83. The second kappa shape index (κ2) is 7.41. The number of hydrogen-bond acceptors (Lipinski definition) is 3. The lowest BCUT2D eigenvalue weighted by molar-refractivity contribution is -0.114. The third-order valence-corrected chi connectivity index (χ3v) is 5.77. The molecule has 4 rings (SSSR count). The van der Waals surface area contributed by atoms with Crippen LogP contribution in [0.2, 0.25) is 5.15 Å². The maximum atomic E-state index is 13.4. The summed E-state index contributed by atoms with van der Waals surface area (Å²) in [7, 11) is 0. The minimum Gasteiger partial charge on any atom is -0.245 e. The van der Waals surface area contributed by atoms with Crippen LogP contribution in [-0.2, 0) is 12.0 Å². The Hall–Kier alpha value is -2.34. The minimum atomic E-state index is -2.56. The summed E-state index contributed by atoms with van der Waals surface area (Å²) in [6, 6.07) is 11.6. The number of alkyl halides is 2. The van der Waals surface area contributed by atoms with Crippen LogP contribution in [0.5, 0.6) is 0 Å². The maximum absolute atomic E-state index is 13.4. The van der Waals surface area contributed by atoms with Crippen molar-refractivity contribution in [1.29, 1.82) is 0 Å². The molecule has 1 aliphatic rings. The number of aromatic nitrogens is 4. The highest BCUT2D eigenvalue weighted by Gasteiger charge is 2.45. The van der Waals surface area contributed by atoms with Gasteiger partial charge in [0.2, 0.25) is 5.92 Å². The molecule has 0 bridgehead atoms. The Morgan fingerprint density at radius 3 is 2.47 bits per heavy atom. The summed E-state index contributed by atoms with van der Waals surface area (Å²) in [6.07, 6.45) is -0.224. The first-order valence-corrected chi connectivity index (χ1v) is 10.5. The molecule has 0 atom stereocenters. The number of nitrogens with zero attached hydrogens (tertiary/aromatic N) is 4. The molecule has 0 saturated heterocycles. The van der Waals surface area contributed by atoms with Gasteiger partial charge in [-0.2, -0.15) is 0 Å². The highest BCUT2D eigenvalue weighted by Crippen LogP contribution is 2.43. The third kappa shape index (κ3) is 4.24. The average Bonchev–Trinajstić information content (AvgIpc) is 3.03. The quantitative estimate of drug-likeness (QED) is 0.455. The number of hydrogen-bond donors (Lipinski definition) is 0. The van der Waals surface area contributed by atoms with Gasteiger partial charge in [-0.1, -0.05) is 56.6 Å². The molecule has 2 heterocycles. The molecular formula is C23H25ClF2N4. The topological polar surface area (TPSA) is 43.6 Å². The van der Waals surface area contributed by atoms with Crippen LogP contribution in [0, 0.1) is 12.8 Å². The van der Waals surface area contributed by atoms with Gasteiger partial charge in [-0.3, -0.25) is 0 Å². The Morgan fingerprint density at radius 2 is 1.87 bits per heavy atom. The second-order valence-electron chi connectivity index (χ2n) is 9.20. The standard InChI is InChI=1S/C23H25ClF2N4/c1-14-10-16(22(2,3)4)8-9-17(14)21-28-20(18-6-5-7-19(24)27-18)29-30(21)13-15-11-23(25,26)12-15/h5-10,15H,11-13H2,1-4H3. The van der Waals surface area contributed by atoms with Gasteiger partial charge in [0, 0.05) is 24.9 Å². The summed E-state index contributed by atoms with van der Waals surface area (Å²) < 4.78 is 28.5. The Bertz CT molecular complexity index is 1080. The average molecular weight is 431 g/mol. The fourth-order valence-corrected chi connectivity index (χ4v) is 4.01. The number of aryl methyl sites for hydroxylation is 1. The van der Waals surface area contributed by atoms with Crippen molar-refractivity contribution in [2.75, 3.05) is 0 Å². The van der Waals surface area contributed by atoms with E-state index in [0.717, 1.165) is 11.1 Å². The predicted octanol–water partition coefficient (Wildman–Crippen LogP) is 6.31. The molecule has 1 saturated carbocycles. The van der Waals surface area contributed by atoms with Crippen LogP contribution >= 0.6 is 11.6 Å². The lowest BCUT2D eigenvalue weighted by Crippen LogP contribution is -2.38. The van der Waals surface area contributed by atoms with E-state index in [1.165, 1.54) is 5.56 Å². The van der Waals surface area contributed by atoms with E-state index in [4.69, 9.17) is 16.6 Å². The zero-order valence-corrected chi connectivity index (χ0v) is 18.3. The monoisotopic (exact) mass is 430 g/mol. The first kappa shape index (κ1) is 20.9. The van der Waals surface area contributed by atoms with Gasteiger partial charge in [-0.05, 0) is 41.5 Å². The molecule has 2 aromatic heterocycles. The lowest BCUT2D eigenvalue weighted by atomic mass is 9.81. The lowest BCUT2D eigenvalue weighted by Gasteiger charge is -2.34. The van der Waals surface area contributed by atoms with Crippen LogP contribution in [0.3, 0.4) is 0 Å².